The van der Waals surface area contributed by atoms with Crippen LogP contribution in [-0.2, 0) is 9.59 Å². The Morgan fingerprint density at radius 2 is 2.15 bits per heavy atom. The number of hydrogen-bond acceptors (Lipinski definition) is 4. The highest BCUT2D eigenvalue weighted by Crippen LogP contribution is 2.25. The van der Waals surface area contributed by atoms with Gasteiger partial charge in [0.05, 0.1) is 5.69 Å². The van der Waals surface area contributed by atoms with Gasteiger partial charge < -0.3 is 21.3 Å². The molecule has 146 valence electrons. The number of hydrogen-bond donors (Lipinski definition) is 3. The van der Waals surface area contributed by atoms with Crippen molar-refractivity contribution in [1.29, 1.82) is 0 Å². The van der Waals surface area contributed by atoms with E-state index in [1.807, 2.05) is 6.92 Å². The van der Waals surface area contributed by atoms with Crippen LogP contribution in [0.3, 0.4) is 0 Å². The Morgan fingerprint density at radius 3 is 2.81 bits per heavy atom. The predicted molar refractivity (Wildman–Crippen MR) is 98.7 cm³/mol. The number of benzene rings is 1. The van der Waals surface area contributed by atoms with E-state index in [0.29, 0.717) is 32.6 Å². The number of halogens is 1. The van der Waals surface area contributed by atoms with Gasteiger partial charge in [-0.2, -0.15) is 0 Å². The molecule has 0 aromatic heterocycles. The van der Waals surface area contributed by atoms with Gasteiger partial charge in [-0.25, -0.2) is 9.18 Å². The first-order valence-corrected chi connectivity index (χ1v) is 9.07. The summed E-state index contributed by atoms with van der Waals surface area (Å²) in [6, 6.07) is 3.46. The van der Waals surface area contributed by atoms with Gasteiger partial charge in [-0.05, 0) is 43.9 Å². The zero-order chi connectivity index (χ0) is 19.6. The highest BCUT2D eigenvalue weighted by molar-refractivity contribution is 6.39. The van der Waals surface area contributed by atoms with E-state index >= 15 is 0 Å². The van der Waals surface area contributed by atoms with Crippen molar-refractivity contribution in [2.75, 3.05) is 36.4 Å². The Hall–Kier alpha value is -2.68. The highest BCUT2D eigenvalue weighted by atomic mass is 19.1. The molecule has 3 rings (SSSR count). The molecule has 0 saturated carbocycles. The Kier molecular flexibility index (Phi) is 5.59. The van der Waals surface area contributed by atoms with Gasteiger partial charge in [-0.1, -0.05) is 0 Å². The molecule has 2 fully saturated rings. The molecule has 4 N–H and O–H groups in total. The van der Waals surface area contributed by atoms with Crippen LogP contribution < -0.4 is 21.3 Å². The average molecular weight is 377 g/mol. The number of nitrogens with zero attached hydrogens (tertiary/aromatic N) is 2. The second kappa shape index (κ2) is 7.91. The lowest BCUT2D eigenvalue weighted by Crippen LogP contribution is -2.46. The summed E-state index contributed by atoms with van der Waals surface area (Å²) < 4.78 is 14.2. The quantitative estimate of drug-likeness (QED) is 0.680. The van der Waals surface area contributed by atoms with Crippen molar-refractivity contribution in [3.63, 3.8) is 0 Å². The van der Waals surface area contributed by atoms with Crippen LogP contribution in [0.2, 0.25) is 0 Å². The van der Waals surface area contributed by atoms with Crippen LogP contribution in [0.5, 0.6) is 0 Å². The first-order chi connectivity index (χ1) is 12.9. The van der Waals surface area contributed by atoms with Crippen LogP contribution in [0.15, 0.2) is 18.2 Å². The van der Waals surface area contributed by atoms with Crippen molar-refractivity contribution < 1.29 is 18.8 Å². The van der Waals surface area contributed by atoms with Crippen molar-refractivity contribution in [2.24, 2.45) is 11.7 Å². The molecule has 0 bridgehead atoms. The summed E-state index contributed by atoms with van der Waals surface area (Å²) >= 11 is 0. The van der Waals surface area contributed by atoms with E-state index in [9.17, 15) is 18.8 Å². The summed E-state index contributed by atoms with van der Waals surface area (Å²) in [5.74, 6) is -1.83. The third kappa shape index (κ3) is 4.19. The van der Waals surface area contributed by atoms with E-state index < -0.39 is 23.7 Å². The molecule has 2 heterocycles. The predicted octanol–water partition coefficient (Wildman–Crippen LogP) is 0.880. The minimum Gasteiger partial charge on any atom is -0.338 e. The van der Waals surface area contributed by atoms with Gasteiger partial charge in [0.15, 0.2) is 0 Å². The van der Waals surface area contributed by atoms with Gasteiger partial charge in [0, 0.05) is 37.9 Å². The largest absolute Gasteiger partial charge is 0.338 e. The maximum Gasteiger partial charge on any atom is 0.321 e. The Morgan fingerprint density at radius 1 is 1.37 bits per heavy atom. The molecule has 2 saturated heterocycles. The first kappa shape index (κ1) is 19.1. The van der Waals surface area contributed by atoms with Crippen molar-refractivity contribution in [3.05, 3.63) is 24.0 Å². The van der Waals surface area contributed by atoms with E-state index in [1.165, 1.54) is 28.0 Å². The van der Waals surface area contributed by atoms with Gasteiger partial charge in [-0.15, -0.1) is 0 Å². The van der Waals surface area contributed by atoms with Gasteiger partial charge >= 0.3 is 17.8 Å². The lowest BCUT2D eigenvalue weighted by molar-refractivity contribution is -0.142. The summed E-state index contributed by atoms with van der Waals surface area (Å²) in [6.45, 7) is 3.74. The molecule has 1 aromatic rings. The number of rotatable bonds is 3. The second-order valence-electron chi connectivity index (χ2n) is 7.02. The summed E-state index contributed by atoms with van der Waals surface area (Å²) in [4.78, 5) is 39.3. The van der Waals surface area contributed by atoms with E-state index in [2.05, 4.69) is 10.6 Å². The van der Waals surface area contributed by atoms with E-state index in [1.54, 1.807) is 0 Å². The summed E-state index contributed by atoms with van der Waals surface area (Å²) in [7, 11) is 0. The SMILES string of the molecule is CC(N)C1CCN(C(=O)C(=O)Nc2ccc(F)c(N3CCCNC3=O)c2)C1. The van der Waals surface area contributed by atoms with Crippen molar-refractivity contribution >= 4 is 29.2 Å². The standard InChI is InChI=1S/C18H24FN5O3/c1-11(20)12-5-8-23(10-12)17(26)16(25)22-13-3-4-14(19)15(9-13)24-7-2-6-21-18(24)27/h3-4,9,11-12H,2,5-8,10,20H2,1H3,(H,21,27)(H,22,25). The Labute approximate surface area is 156 Å². The minimum atomic E-state index is -0.791. The molecule has 27 heavy (non-hydrogen) atoms. The molecule has 0 spiro atoms. The molecular formula is C18H24FN5O3. The summed E-state index contributed by atoms with van der Waals surface area (Å²) in [5.41, 5.74) is 6.18. The number of amides is 4. The molecule has 0 aliphatic carbocycles. The molecule has 2 aliphatic heterocycles. The van der Waals surface area contributed by atoms with E-state index in [4.69, 9.17) is 5.73 Å². The Balaban J connectivity index is 1.68. The zero-order valence-electron chi connectivity index (χ0n) is 15.2. The molecule has 2 aliphatic rings. The molecular weight excluding hydrogens is 353 g/mol. The number of carbonyl (C=O) groups is 3. The fraction of sp³-hybridized carbons (Fsp3) is 0.500. The highest BCUT2D eigenvalue weighted by Gasteiger charge is 2.32. The van der Waals surface area contributed by atoms with Gasteiger partial charge in [0.1, 0.15) is 5.82 Å². The molecule has 0 radical (unpaired) electrons. The molecule has 2 atom stereocenters. The molecule has 8 nitrogen and oxygen atoms in total. The van der Waals surface area contributed by atoms with Crippen LogP contribution in [0.1, 0.15) is 19.8 Å². The average Bonchev–Trinajstić information content (AvgIpc) is 3.13. The number of anilines is 2. The summed E-state index contributed by atoms with van der Waals surface area (Å²) in [6.07, 6.45) is 1.46. The van der Waals surface area contributed by atoms with Crippen LogP contribution in [0.25, 0.3) is 0 Å². The van der Waals surface area contributed by atoms with Crippen LogP contribution in [0, 0.1) is 11.7 Å². The van der Waals surface area contributed by atoms with Crippen LogP contribution in [0.4, 0.5) is 20.6 Å². The topological polar surface area (TPSA) is 108 Å². The fourth-order valence-electron chi connectivity index (χ4n) is 3.39. The smallest absolute Gasteiger partial charge is 0.321 e. The molecule has 9 heteroatoms. The van der Waals surface area contributed by atoms with Gasteiger partial charge in [0.25, 0.3) is 0 Å². The van der Waals surface area contributed by atoms with Crippen LogP contribution >= 0.6 is 0 Å². The lowest BCUT2D eigenvalue weighted by Gasteiger charge is -2.28. The lowest BCUT2D eigenvalue weighted by atomic mass is 10.0. The molecule has 1 aromatic carbocycles. The molecule has 4 amide bonds. The van der Waals surface area contributed by atoms with Crippen molar-refractivity contribution in [1.82, 2.24) is 10.2 Å². The normalized spacial score (nSPS) is 21.0. The van der Waals surface area contributed by atoms with Crippen molar-refractivity contribution in [2.45, 2.75) is 25.8 Å². The third-order valence-corrected chi connectivity index (χ3v) is 5.02. The van der Waals surface area contributed by atoms with Crippen molar-refractivity contribution in [3.8, 4) is 0 Å². The van der Waals surface area contributed by atoms with E-state index in [0.717, 1.165) is 6.42 Å². The number of urea groups is 1. The molecule has 2 unspecified atom stereocenters. The number of nitrogens with two attached hydrogens (primary N) is 1. The maximum absolute atomic E-state index is 14.2. The zero-order valence-corrected chi connectivity index (χ0v) is 15.2. The monoisotopic (exact) mass is 377 g/mol. The van der Waals surface area contributed by atoms with Gasteiger partial charge in [0.2, 0.25) is 0 Å². The first-order valence-electron chi connectivity index (χ1n) is 9.07. The van der Waals surface area contributed by atoms with Crippen LogP contribution in [-0.4, -0.2) is 55.0 Å². The second-order valence-corrected chi connectivity index (χ2v) is 7.02. The minimum absolute atomic E-state index is 0.0405. The fourth-order valence-corrected chi connectivity index (χ4v) is 3.39. The number of likely N-dealkylation sites (tertiary alicyclic amines) is 1. The third-order valence-electron chi connectivity index (χ3n) is 5.02. The Bertz CT molecular complexity index is 755. The van der Waals surface area contributed by atoms with Gasteiger partial charge in [-0.3, -0.25) is 14.5 Å². The maximum atomic E-state index is 14.2. The number of carbonyl (C=O) groups excluding carboxylic acids is 3. The van der Waals surface area contributed by atoms with E-state index in [-0.39, 0.29) is 23.3 Å². The number of nitrogens with one attached hydrogen (secondary N) is 2. The summed E-state index contributed by atoms with van der Waals surface area (Å²) in [5, 5.41) is 5.15.